The maximum Gasteiger partial charge on any atom is 0.247 e. The molecule has 0 radical (unpaired) electrons. The number of fused-ring (bicyclic) bond motifs is 3. The number of ether oxygens (including phenoxy) is 1. The number of hydrogen-bond acceptors (Lipinski definition) is 6. The molecule has 1 aromatic heterocycles. The Hall–Kier alpha value is -2.08. The molecule has 25 heavy (non-hydrogen) atoms. The monoisotopic (exact) mass is 354 g/mol. The fraction of sp³-hybridized carbons (Fsp3) is 0.421. The average Bonchev–Trinajstić information content (AvgIpc) is 2.79. The van der Waals surface area contributed by atoms with Crippen LogP contribution in [0.15, 0.2) is 41.1 Å². The predicted molar refractivity (Wildman–Crippen MR) is 101 cm³/mol. The van der Waals surface area contributed by atoms with Crippen LogP contribution in [0.4, 0.5) is 5.69 Å². The van der Waals surface area contributed by atoms with Gasteiger partial charge in [-0.3, -0.25) is 0 Å². The number of rotatable bonds is 3. The second-order valence-electron chi connectivity index (χ2n) is 6.49. The van der Waals surface area contributed by atoms with Crippen LogP contribution in [0, 0.1) is 5.92 Å². The van der Waals surface area contributed by atoms with Crippen molar-refractivity contribution in [2.75, 3.05) is 11.1 Å². The second kappa shape index (κ2) is 7.04. The molecule has 5 nitrogen and oxygen atoms in total. The molecule has 0 saturated carbocycles. The third-order valence-electron chi connectivity index (χ3n) is 4.73. The Labute approximate surface area is 152 Å². The van der Waals surface area contributed by atoms with Crippen molar-refractivity contribution < 1.29 is 4.74 Å². The average molecular weight is 354 g/mol. The summed E-state index contributed by atoms with van der Waals surface area (Å²) in [6, 6.07) is 8.15. The van der Waals surface area contributed by atoms with E-state index in [1.165, 1.54) is 5.57 Å². The van der Waals surface area contributed by atoms with Crippen molar-refractivity contribution in [3.05, 3.63) is 35.9 Å². The summed E-state index contributed by atoms with van der Waals surface area (Å²) in [6.07, 6.45) is 5.48. The summed E-state index contributed by atoms with van der Waals surface area (Å²) in [5.74, 6) is 1.91. The van der Waals surface area contributed by atoms with Crippen LogP contribution < -0.4 is 10.1 Å². The molecule has 2 aliphatic rings. The van der Waals surface area contributed by atoms with Gasteiger partial charge in [-0.25, -0.2) is 0 Å². The van der Waals surface area contributed by atoms with Crippen molar-refractivity contribution in [3.63, 3.8) is 0 Å². The van der Waals surface area contributed by atoms with E-state index in [9.17, 15) is 0 Å². The van der Waals surface area contributed by atoms with Gasteiger partial charge in [-0.15, -0.1) is 10.2 Å². The van der Waals surface area contributed by atoms with Crippen molar-refractivity contribution in [2.24, 2.45) is 5.92 Å². The standard InChI is InChI=1S/C19H22N4OS/c1-3-25-19-21-18-16(22-23-19)14-6-4-5-7-15(14)20-17(24-18)13-10-8-12(2)9-11-13/h4-8,13,17,20H,3,9-11H2,1-2H3/t13-,17-/m1/s1. The Kier molecular flexibility index (Phi) is 4.61. The zero-order valence-corrected chi connectivity index (χ0v) is 15.3. The van der Waals surface area contributed by atoms with Crippen LogP contribution in [0.3, 0.4) is 0 Å². The van der Waals surface area contributed by atoms with Gasteiger partial charge in [-0.2, -0.15) is 4.98 Å². The Bertz CT molecular complexity index is 808. The van der Waals surface area contributed by atoms with Crippen LogP contribution in [0.25, 0.3) is 11.3 Å². The first-order valence-electron chi connectivity index (χ1n) is 8.80. The minimum atomic E-state index is -0.108. The van der Waals surface area contributed by atoms with E-state index in [2.05, 4.69) is 46.5 Å². The van der Waals surface area contributed by atoms with Gasteiger partial charge in [-0.05, 0) is 38.0 Å². The van der Waals surface area contributed by atoms with Crippen LogP contribution in [0.2, 0.25) is 0 Å². The van der Waals surface area contributed by atoms with Crippen molar-refractivity contribution >= 4 is 17.4 Å². The molecule has 0 amide bonds. The van der Waals surface area contributed by atoms with Gasteiger partial charge in [0.2, 0.25) is 11.0 Å². The number of aromatic nitrogens is 3. The lowest BCUT2D eigenvalue weighted by Gasteiger charge is -2.29. The van der Waals surface area contributed by atoms with Gasteiger partial charge in [0.05, 0.1) is 0 Å². The van der Waals surface area contributed by atoms with E-state index in [1.807, 2.05) is 18.2 Å². The number of allylic oxidation sites excluding steroid dienone is 2. The molecule has 2 heterocycles. The van der Waals surface area contributed by atoms with Gasteiger partial charge in [0.25, 0.3) is 0 Å². The van der Waals surface area contributed by atoms with Crippen LogP contribution in [0.5, 0.6) is 5.88 Å². The molecule has 1 aliphatic heterocycles. The molecule has 0 fully saturated rings. The number of nitrogens with one attached hydrogen (secondary N) is 1. The lowest BCUT2D eigenvalue weighted by Crippen LogP contribution is -2.35. The first-order chi connectivity index (χ1) is 12.2. The van der Waals surface area contributed by atoms with Gasteiger partial charge in [0.1, 0.15) is 0 Å². The fourth-order valence-corrected chi connectivity index (χ4v) is 3.84. The van der Waals surface area contributed by atoms with Crippen molar-refractivity contribution in [2.45, 2.75) is 44.5 Å². The summed E-state index contributed by atoms with van der Waals surface area (Å²) in [5, 5.41) is 12.9. The molecule has 0 saturated heterocycles. The number of nitrogens with zero attached hydrogens (tertiary/aromatic N) is 3. The largest absolute Gasteiger partial charge is 0.452 e. The third kappa shape index (κ3) is 3.35. The van der Waals surface area contributed by atoms with Gasteiger partial charge in [-0.1, -0.05) is 48.5 Å². The quantitative estimate of drug-likeness (QED) is 0.645. The first kappa shape index (κ1) is 16.4. The molecular weight excluding hydrogens is 332 g/mol. The molecule has 6 heteroatoms. The molecular formula is C19H22N4OS. The Balaban J connectivity index is 1.73. The molecule has 1 N–H and O–H groups in total. The van der Waals surface area contributed by atoms with E-state index in [-0.39, 0.29) is 6.23 Å². The summed E-state index contributed by atoms with van der Waals surface area (Å²) in [5.41, 5.74) is 4.21. The van der Waals surface area contributed by atoms with E-state index >= 15 is 0 Å². The lowest BCUT2D eigenvalue weighted by molar-refractivity contribution is 0.145. The van der Waals surface area contributed by atoms with E-state index < -0.39 is 0 Å². The summed E-state index contributed by atoms with van der Waals surface area (Å²) >= 11 is 1.58. The molecule has 2 aromatic rings. The Morgan fingerprint density at radius 3 is 2.96 bits per heavy atom. The van der Waals surface area contributed by atoms with Crippen molar-refractivity contribution in [1.82, 2.24) is 15.2 Å². The topological polar surface area (TPSA) is 59.9 Å². The zero-order valence-electron chi connectivity index (χ0n) is 14.5. The molecule has 1 aliphatic carbocycles. The minimum Gasteiger partial charge on any atom is -0.452 e. The van der Waals surface area contributed by atoms with E-state index in [1.54, 1.807) is 11.8 Å². The molecule has 1 aromatic carbocycles. The predicted octanol–water partition coefficient (Wildman–Crippen LogP) is 4.53. The number of thioether (sulfide) groups is 1. The Morgan fingerprint density at radius 2 is 2.16 bits per heavy atom. The molecule has 2 atom stereocenters. The molecule has 130 valence electrons. The summed E-state index contributed by atoms with van der Waals surface area (Å²) in [6.45, 7) is 4.28. The van der Waals surface area contributed by atoms with Crippen molar-refractivity contribution in [1.29, 1.82) is 0 Å². The van der Waals surface area contributed by atoms with Crippen LogP contribution >= 0.6 is 11.8 Å². The summed E-state index contributed by atoms with van der Waals surface area (Å²) in [4.78, 5) is 4.63. The zero-order chi connectivity index (χ0) is 17.2. The smallest absolute Gasteiger partial charge is 0.247 e. The van der Waals surface area contributed by atoms with Gasteiger partial charge < -0.3 is 10.1 Å². The van der Waals surface area contributed by atoms with Crippen LogP contribution in [-0.2, 0) is 0 Å². The lowest BCUT2D eigenvalue weighted by atomic mass is 9.89. The van der Waals surface area contributed by atoms with Crippen LogP contribution in [0.1, 0.15) is 33.1 Å². The highest BCUT2D eigenvalue weighted by molar-refractivity contribution is 7.99. The number of anilines is 1. The summed E-state index contributed by atoms with van der Waals surface area (Å²) in [7, 11) is 0. The summed E-state index contributed by atoms with van der Waals surface area (Å²) < 4.78 is 6.33. The molecule has 0 spiro atoms. The number of benzene rings is 1. The second-order valence-corrected chi connectivity index (χ2v) is 7.73. The normalized spacial score (nSPS) is 21.9. The highest BCUT2D eigenvalue weighted by atomic mass is 32.2. The fourth-order valence-electron chi connectivity index (χ4n) is 3.33. The van der Waals surface area contributed by atoms with Crippen LogP contribution in [-0.4, -0.2) is 27.2 Å². The van der Waals surface area contributed by atoms with Gasteiger partial charge in [0, 0.05) is 17.2 Å². The SMILES string of the molecule is CCSc1nnc2c(n1)O[C@H]([C@@H]1CC=C(C)CC1)Nc1ccccc1-2. The molecule has 4 rings (SSSR count). The van der Waals surface area contributed by atoms with Gasteiger partial charge >= 0.3 is 0 Å². The highest BCUT2D eigenvalue weighted by Crippen LogP contribution is 2.39. The third-order valence-corrected chi connectivity index (χ3v) is 5.45. The van der Waals surface area contributed by atoms with E-state index in [0.29, 0.717) is 22.6 Å². The Morgan fingerprint density at radius 1 is 1.28 bits per heavy atom. The highest BCUT2D eigenvalue weighted by Gasteiger charge is 2.30. The van der Waals surface area contributed by atoms with Crippen molar-refractivity contribution in [3.8, 4) is 17.1 Å². The first-order valence-corrected chi connectivity index (χ1v) is 9.79. The van der Waals surface area contributed by atoms with E-state index in [0.717, 1.165) is 36.3 Å². The molecule has 0 bridgehead atoms. The molecule has 0 unspecified atom stereocenters. The van der Waals surface area contributed by atoms with E-state index in [4.69, 9.17) is 4.74 Å². The minimum absolute atomic E-state index is 0.108. The van der Waals surface area contributed by atoms with Gasteiger partial charge in [0.15, 0.2) is 11.9 Å². The number of para-hydroxylation sites is 1. The number of hydrogen-bond donors (Lipinski definition) is 1. The maximum absolute atomic E-state index is 6.33. The maximum atomic E-state index is 6.33.